The molecule has 0 aliphatic carbocycles. The van der Waals surface area contributed by atoms with Crippen LogP contribution in [0.5, 0.6) is 0 Å². The fraction of sp³-hybridized carbons (Fsp3) is 0.538. The first-order chi connectivity index (χ1) is 7.63. The summed E-state index contributed by atoms with van der Waals surface area (Å²) in [5.74, 6) is 0.586. The summed E-state index contributed by atoms with van der Waals surface area (Å²) in [4.78, 5) is 2.32. The van der Waals surface area contributed by atoms with E-state index in [1.54, 1.807) is 6.07 Å². The van der Waals surface area contributed by atoms with Crippen LogP contribution in [-0.2, 0) is 5.33 Å². The summed E-state index contributed by atoms with van der Waals surface area (Å²) >= 11 is 3.37. The summed E-state index contributed by atoms with van der Waals surface area (Å²) in [6.45, 7) is 5.50. The van der Waals surface area contributed by atoms with Crippen molar-refractivity contribution in [2.24, 2.45) is 5.92 Å². The van der Waals surface area contributed by atoms with E-state index in [1.807, 2.05) is 6.07 Å². The summed E-state index contributed by atoms with van der Waals surface area (Å²) in [5.41, 5.74) is 1.83. The molecular weight excluding hydrogens is 269 g/mol. The Bertz CT molecular complexity index is 380. The molecule has 3 heteroatoms. The van der Waals surface area contributed by atoms with E-state index in [0.717, 1.165) is 17.8 Å². The fourth-order valence-corrected chi connectivity index (χ4v) is 3.14. The van der Waals surface area contributed by atoms with Crippen molar-refractivity contribution in [1.82, 2.24) is 0 Å². The third-order valence-corrected chi connectivity index (χ3v) is 3.88. The number of anilines is 1. The minimum atomic E-state index is -0.110. The first kappa shape index (κ1) is 11.9. The van der Waals surface area contributed by atoms with Gasteiger partial charge in [-0.15, -0.1) is 0 Å². The average Bonchev–Trinajstić information content (AvgIpc) is 2.57. The monoisotopic (exact) mass is 285 g/mol. The molecular formula is C13H17BrFN. The van der Waals surface area contributed by atoms with Crippen molar-refractivity contribution in [3.63, 3.8) is 0 Å². The quantitative estimate of drug-likeness (QED) is 0.744. The van der Waals surface area contributed by atoms with Gasteiger partial charge < -0.3 is 4.90 Å². The fourth-order valence-electron chi connectivity index (χ4n) is 2.58. The van der Waals surface area contributed by atoms with Gasteiger partial charge in [-0.25, -0.2) is 4.39 Å². The van der Waals surface area contributed by atoms with Gasteiger partial charge in [-0.3, -0.25) is 0 Å². The normalized spacial score (nSPS) is 25.1. The lowest BCUT2D eigenvalue weighted by atomic mass is 10.1. The van der Waals surface area contributed by atoms with E-state index in [-0.39, 0.29) is 5.82 Å². The van der Waals surface area contributed by atoms with Gasteiger partial charge in [-0.1, -0.05) is 28.9 Å². The van der Waals surface area contributed by atoms with E-state index in [2.05, 4.69) is 34.7 Å². The van der Waals surface area contributed by atoms with Gasteiger partial charge in [-0.05, 0) is 31.4 Å². The zero-order chi connectivity index (χ0) is 11.7. The van der Waals surface area contributed by atoms with E-state index in [4.69, 9.17) is 0 Å². The Labute approximate surface area is 105 Å². The maximum Gasteiger partial charge on any atom is 0.129 e. The lowest BCUT2D eigenvalue weighted by molar-refractivity contribution is 0.615. The Balaban J connectivity index is 2.36. The molecule has 0 amide bonds. The lowest BCUT2D eigenvalue weighted by Gasteiger charge is -2.26. The standard InChI is InChI=1S/C13H17BrFN/c1-9-6-10(2)16(8-9)13-5-3-4-12(15)11(13)7-14/h3-5,9-10H,6-8H2,1-2H3. The van der Waals surface area contributed by atoms with Crippen LogP contribution in [0.4, 0.5) is 10.1 Å². The van der Waals surface area contributed by atoms with Crippen molar-refractivity contribution in [3.05, 3.63) is 29.6 Å². The van der Waals surface area contributed by atoms with Crippen LogP contribution in [0.25, 0.3) is 0 Å². The second-order valence-corrected chi connectivity index (χ2v) is 5.27. The highest BCUT2D eigenvalue weighted by atomic mass is 79.9. The minimum Gasteiger partial charge on any atom is -0.368 e. The molecule has 2 unspecified atom stereocenters. The van der Waals surface area contributed by atoms with Crippen LogP contribution in [0.2, 0.25) is 0 Å². The number of benzene rings is 1. The predicted octanol–water partition coefficient (Wildman–Crippen LogP) is 3.96. The molecule has 1 nitrogen and oxygen atoms in total. The van der Waals surface area contributed by atoms with Gasteiger partial charge in [0.2, 0.25) is 0 Å². The second kappa shape index (κ2) is 4.74. The maximum absolute atomic E-state index is 13.7. The molecule has 1 heterocycles. The summed E-state index contributed by atoms with van der Waals surface area (Å²) < 4.78 is 13.7. The molecule has 1 saturated heterocycles. The Morgan fingerprint density at radius 2 is 2.19 bits per heavy atom. The third-order valence-electron chi connectivity index (χ3n) is 3.32. The van der Waals surface area contributed by atoms with Gasteiger partial charge in [0, 0.05) is 29.2 Å². The smallest absolute Gasteiger partial charge is 0.129 e. The van der Waals surface area contributed by atoms with Crippen LogP contribution in [0.1, 0.15) is 25.8 Å². The van der Waals surface area contributed by atoms with Gasteiger partial charge in [0.15, 0.2) is 0 Å². The predicted molar refractivity (Wildman–Crippen MR) is 69.6 cm³/mol. The summed E-state index contributed by atoms with van der Waals surface area (Å²) in [7, 11) is 0. The van der Waals surface area contributed by atoms with Crippen molar-refractivity contribution in [3.8, 4) is 0 Å². The molecule has 2 atom stereocenters. The number of rotatable bonds is 2. The van der Waals surface area contributed by atoms with Gasteiger partial charge in [0.05, 0.1) is 0 Å². The molecule has 1 aromatic rings. The zero-order valence-corrected chi connectivity index (χ0v) is 11.3. The first-order valence-corrected chi connectivity index (χ1v) is 6.85. The van der Waals surface area contributed by atoms with Crippen LogP contribution in [0.15, 0.2) is 18.2 Å². The average molecular weight is 286 g/mol. The first-order valence-electron chi connectivity index (χ1n) is 5.73. The maximum atomic E-state index is 13.7. The lowest BCUT2D eigenvalue weighted by Crippen LogP contribution is -2.27. The molecule has 1 fully saturated rings. The zero-order valence-electron chi connectivity index (χ0n) is 9.71. The molecule has 0 saturated carbocycles. The molecule has 0 radical (unpaired) electrons. The largest absolute Gasteiger partial charge is 0.368 e. The Morgan fingerprint density at radius 1 is 1.44 bits per heavy atom. The van der Waals surface area contributed by atoms with Crippen molar-refractivity contribution in [2.75, 3.05) is 11.4 Å². The molecule has 0 N–H and O–H groups in total. The molecule has 0 spiro atoms. The van der Waals surface area contributed by atoms with Gasteiger partial charge in [-0.2, -0.15) is 0 Å². The van der Waals surface area contributed by atoms with E-state index in [1.165, 1.54) is 12.5 Å². The van der Waals surface area contributed by atoms with E-state index < -0.39 is 0 Å². The summed E-state index contributed by atoms with van der Waals surface area (Å²) in [6.07, 6.45) is 1.19. The third kappa shape index (κ3) is 2.10. The number of halogens is 2. The van der Waals surface area contributed by atoms with E-state index in [9.17, 15) is 4.39 Å². The number of hydrogen-bond donors (Lipinski definition) is 0. The highest BCUT2D eigenvalue weighted by Crippen LogP contribution is 2.33. The Kier molecular flexibility index (Phi) is 3.53. The van der Waals surface area contributed by atoms with Crippen molar-refractivity contribution >= 4 is 21.6 Å². The van der Waals surface area contributed by atoms with Crippen molar-refractivity contribution < 1.29 is 4.39 Å². The molecule has 0 aromatic heterocycles. The molecule has 0 bridgehead atoms. The van der Waals surface area contributed by atoms with Gasteiger partial charge >= 0.3 is 0 Å². The summed E-state index contributed by atoms with van der Waals surface area (Å²) in [6, 6.07) is 5.86. The molecule has 1 aromatic carbocycles. The van der Waals surface area contributed by atoms with Crippen LogP contribution in [0, 0.1) is 11.7 Å². The molecule has 2 rings (SSSR count). The topological polar surface area (TPSA) is 3.24 Å². The van der Waals surface area contributed by atoms with Gasteiger partial charge in [0.25, 0.3) is 0 Å². The summed E-state index contributed by atoms with van der Waals surface area (Å²) in [5, 5.41) is 0.576. The highest BCUT2D eigenvalue weighted by Gasteiger charge is 2.28. The molecule has 1 aliphatic rings. The Morgan fingerprint density at radius 3 is 2.75 bits per heavy atom. The minimum absolute atomic E-state index is 0.110. The number of alkyl halides is 1. The molecule has 88 valence electrons. The van der Waals surface area contributed by atoms with E-state index in [0.29, 0.717) is 17.3 Å². The van der Waals surface area contributed by atoms with Crippen LogP contribution < -0.4 is 4.90 Å². The second-order valence-electron chi connectivity index (χ2n) is 4.71. The highest BCUT2D eigenvalue weighted by molar-refractivity contribution is 9.08. The van der Waals surface area contributed by atoms with Crippen LogP contribution in [-0.4, -0.2) is 12.6 Å². The van der Waals surface area contributed by atoms with Crippen LogP contribution in [0.3, 0.4) is 0 Å². The van der Waals surface area contributed by atoms with Crippen molar-refractivity contribution in [1.29, 1.82) is 0 Å². The number of nitrogens with zero attached hydrogens (tertiary/aromatic N) is 1. The van der Waals surface area contributed by atoms with Gasteiger partial charge in [0.1, 0.15) is 5.82 Å². The molecule has 16 heavy (non-hydrogen) atoms. The Hall–Kier alpha value is -0.570. The SMILES string of the molecule is CC1CC(C)N(c2cccc(F)c2CBr)C1. The van der Waals surface area contributed by atoms with Crippen molar-refractivity contribution in [2.45, 2.75) is 31.6 Å². The number of hydrogen-bond acceptors (Lipinski definition) is 1. The molecule has 1 aliphatic heterocycles. The van der Waals surface area contributed by atoms with Crippen LogP contribution >= 0.6 is 15.9 Å². The van der Waals surface area contributed by atoms with E-state index >= 15 is 0 Å².